The average molecular weight is 347 g/mol. The average Bonchev–Trinajstić information content (AvgIpc) is 3.16. The van der Waals surface area contributed by atoms with Crippen LogP contribution in [0.3, 0.4) is 0 Å². The van der Waals surface area contributed by atoms with Gasteiger partial charge in [-0.15, -0.1) is 0 Å². The Hall–Kier alpha value is -2.21. The van der Waals surface area contributed by atoms with Crippen LogP contribution in [0.4, 0.5) is 0 Å². The number of nitrogens with zero attached hydrogens (tertiary/aromatic N) is 1. The van der Waals surface area contributed by atoms with Crippen molar-refractivity contribution >= 4 is 17.7 Å². The highest BCUT2D eigenvalue weighted by molar-refractivity contribution is 6.01. The number of carbonyl (C=O) groups excluding carboxylic acids is 3. The normalized spacial score (nSPS) is 17.6. The molecule has 3 atom stereocenters. The van der Waals surface area contributed by atoms with Gasteiger partial charge in [0.25, 0.3) is 5.91 Å². The highest BCUT2D eigenvalue weighted by Crippen LogP contribution is 2.25. The molecule has 0 radical (unpaired) electrons. The van der Waals surface area contributed by atoms with Crippen molar-refractivity contribution in [3.63, 3.8) is 0 Å². The van der Waals surface area contributed by atoms with E-state index in [2.05, 4.69) is 0 Å². The molecule has 1 N–H and O–H groups in total. The van der Waals surface area contributed by atoms with Gasteiger partial charge in [-0.05, 0) is 19.8 Å². The molecule has 1 aromatic rings. The molecule has 0 spiro atoms. The quantitative estimate of drug-likeness (QED) is 0.599. The lowest BCUT2D eigenvalue weighted by Crippen LogP contribution is -2.47. The Morgan fingerprint density at radius 3 is 2.32 bits per heavy atom. The first-order chi connectivity index (χ1) is 12.0. The minimum Gasteiger partial charge on any atom is -0.466 e. The van der Waals surface area contributed by atoms with Gasteiger partial charge in [-0.1, -0.05) is 37.3 Å². The molecule has 0 aromatic heterocycles. The Balaban J connectivity index is 2.23. The van der Waals surface area contributed by atoms with Gasteiger partial charge in [0.15, 0.2) is 5.78 Å². The molecule has 6 heteroatoms. The highest BCUT2D eigenvalue weighted by atomic mass is 16.5. The summed E-state index contributed by atoms with van der Waals surface area (Å²) in [5, 5.41) is 10.6. The van der Waals surface area contributed by atoms with E-state index in [1.165, 1.54) is 4.90 Å². The summed E-state index contributed by atoms with van der Waals surface area (Å²) >= 11 is 0. The highest BCUT2D eigenvalue weighted by Gasteiger charge is 2.42. The van der Waals surface area contributed by atoms with Crippen molar-refractivity contribution < 1.29 is 24.2 Å². The van der Waals surface area contributed by atoms with Gasteiger partial charge in [0, 0.05) is 24.6 Å². The summed E-state index contributed by atoms with van der Waals surface area (Å²) in [7, 11) is 0. The van der Waals surface area contributed by atoms with E-state index >= 15 is 0 Å². The molecule has 25 heavy (non-hydrogen) atoms. The maximum Gasteiger partial charge on any atom is 0.312 e. The summed E-state index contributed by atoms with van der Waals surface area (Å²) in [5.74, 6) is -3.63. The van der Waals surface area contributed by atoms with Crippen LogP contribution in [0.25, 0.3) is 0 Å². The Morgan fingerprint density at radius 1 is 1.16 bits per heavy atom. The van der Waals surface area contributed by atoms with E-state index in [1.54, 1.807) is 44.2 Å². The van der Waals surface area contributed by atoms with Gasteiger partial charge in [0.1, 0.15) is 12.0 Å². The van der Waals surface area contributed by atoms with Crippen LogP contribution >= 0.6 is 0 Å². The number of benzene rings is 1. The third-order valence-electron chi connectivity index (χ3n) is 4.58. The second-order valence-electron chi connectivity index (χ2n) is 6.27. The summed E-state index contributed by atoms with van der Waals surface area (Å²) < 4.78 is 5.02. The van der Waals surface area contributed by atoms with E-state index in [1.807, 2.05) is 0 Å². The lowest BCUT2D eigenvalue weighted by molar-refractivity contribution is -0.160. The first kappa shape index (κ1) is 19.1. The van der Waals surface area contributed by atoms with Gasteiger partial charge in [0.05, 0.1) is 6.61 Å². The number of likely N-dealkylation sites (tertiary alicyclic amines) is 1. The summed E-state index contributed by atoms with van der Waals surface area (Å²) in [5.41, 5.74) is 0.435. The number of hydrogen-bond acceptors (Lipinski definition) is 5. The second kappa shape index (κ2) is 8.76. The van der Waals surface area contributed by atoms with Crippen LogP contribution in [0.5, 0.6) is 0 Å². The van der Waals surface area contributed by atoms with Crippen molar-refractivity contribution in [2.75, 3.05) is 19.7 Å². The molecule has 1 amide bonds. The molecule has 1 saturated heterocycles. The van der Waals surface area contributed by atoms with Crippen molar-refractivity contribution in [3.05, 3.63) is 35.9 Å². The number of hydrogen-bond donors (Lipinski definition) is 1. The Bertz CT molecular complexity index is 610. The van der Waals surface area contributed by atoms with Gasteiger partial charge >= 0.3 is 5.97 Å². The largest absolute Gasteiger partial charge is 0.466 e. The van der Waals surface area contributed by atoms with E-state index in [9.17, 15) is 19.5 Å². The molecule has 1 heterocycles. The van der Waals surface area contributed by atoms with E-state index in [0.29, 0.717) is 18.7 Å². The number of aliphatic hydroxyl groups is 1. The summed E-state index contributed by atoms with van der Waals surface area (Å²) in [4.78, 5) is 39.1. The molecule has 1 aliphatic heterocycles. The number of esters is 1. The van der Waals surface area contributed by atoms with Crippen molar-refractivity contribution in [2.24, 2.45) is 11.8 Å². The number of rotatable bonds is 7. The summed E-state index contributed by atoms with van der Waals surface area (Å²) in [6, 6.07) is 8.54. The van der Waals surface area contributed by atoms with Crippen LogP contribution in [-0.4, -0.2) is 53.5 Å². The molecule has 136 valence electrons. The molecule has 2 rings (SSSR count). The standard InChI is InChI=1S/C19H25NO5/c1-3-25-19(24)15(17(22)18(23)20-11-7-8-12-20)13(2)16(21)14-9-5-4-6-10-14/h4-6,9-10,13,15,17,22H,3,7-8,11-12H2,1-2H3. The predicted molar refractivity (Wildman–Crippen MR) is 91.9 cm³/mol. The molecule has 0 saturated carbocycles. The first-order valence-electron chi connectivity index (χ1n) is 8.70. The number of carbonyl (C=O) groups is 3. The zero-order valence-electron chi connectivity index (χ0n) is 14.7. The number of amides is 1. The molecule has 6 nitrogen and oxygen atoms in total. The third kappa shape index (κ3) is 4.45. The Kier molecular flexibility index (Phi) is 6.70. The number of ether oxygens (including phenoxy) is 1. The smallest absolute Gasteiger partial charge is 0.312 e. The minimum absolute atomic E-state index is 0.117. The van der Waals surface area contributed by atoms with Gasteiger partial charge in [-0.2, -0.15) is 0 Å². The molecule has 0 aliphatic carbocycles. The Labute approximate surface area is 147 Å². The van der Waals surface area contributed by atoms with Crippen molar-refractivity contribution in [1.82, 2.24) is 4.90 Å². The Morgan fingerprint density at radius 2 is 1.76 bits per heavy atom. The van der Waals surface area contributed by atoms with Crippen LogP contribution in [0, 0.1) is 11.8 Å². The second-order valence-corrected chi connectivity index (χ2v) is 6.27. The zero-order valence-corrected chi connectivity index (χ0v) is 14.7. The van der Waals surface area contributed by atoms with Crippen LogP contribution < -0.4 is 0 Å². The van der Waals surface area contributed by atoms with Crippen LogP contribution in [0.15, 0.2) is 30.3 Å². The van der Waals surface area contributed by atoms with Gasteiger partial charge in [-0.3, -0.25) is 14.4 Å². The zero-order chi connectivity index (χ0) is 18.4. The van der Waals surface area contributed by atoms with E-state index < -0.39 is 29.8 Å². The molecule has 0 bridgehead atoms. The fourth-order valence-corrected chi connectivity index (χ4v) is 3.15. The molecule has 3 unspecified atom stereocenters. The molecule has 1 aliphatic rings. The topological polar surface area (TPSA) is 83.9 Å². The van der Waals surface area contributed by atoms with Crippen molar-refractivity contribution in [2.45, 2.75) is 32.8 Å². The van der Waals surface area contributed by atoms with E-state index in [4.69, 9.17) is 4.74 Å². The lowest BCUT2D eigenvalue weighted by atomic mass is 9.83. The minimum atomic E-state index is -1.58. The maximum absolute atomic E-state index is 12.7. The third-order valence-corrected chi connectivity index (χ3v) is 4.58. The first-order valence-corrected chi connectivity index (χ1v) is 8.70. The summed E-state index contributed by atoms with van der Waals surface area (Å²) in [6.07, 6.45) is 0.169. The van der Waals surface area contributed by atoms with Gasteiger partial charge in [0.2, 0.25) is 0 Å². The molecular formula is C19H25NO5. The van der Waals surface area contributed by atoms with E-state index in [0.717, 1.165) is 12.8 Å². The SMILES string of the molecule is CCOC(=O)C(C(C)C(=O)c1ccccc1)C(O)C(=O)N1CCCC1. The molecule has 1 aromatic carbocycles. The van der Waals surface area contributed by atoms with Gasteiger partial charge < -0.3 is 14.7 Å². The van der Waals surface area contributed by atoms with Crippen molar-refractivity contribution in [1.29, 1.82) is 0 Å². The predicted octanol–water partition coefficient (Wildman–Crippen LogP) is 1.67. The van der Waals surface area contributed by atoms with Crippen molar-refractivity contribution in [3.8, 4) is 0 Å². The fraction of sp³-hybridized carbons (Fsp3) is 0.526. The molecular weight excluding hydrogens is 322 g/mol. The molecule has 1 fully saturated rings. The van der Waals surface area contributed by atoms with Crippen LogP contribution in [0.2, 0.25) is 0 Å². The number of Topliss-reactive ketones (excluding diaryl/α,β-unsaturated/α-hetero) is 1. The van der Waals surface area contributed by atoms with Crippen LogP contribution in [0.1, 0.15) is 37.0 Å². The number of ketones is 1. The number of aliphatic hydroxyl groups excluding tert-OH is 1. The van der Waals surface area contributed by atoms with Crippen LogP contribution in [-0.2, 0) is 14.3 Å². The monoisotopic (exact) mass is 347 g/mol. The lowest BCUT2D eigenvalue weighted by Gasteiger charge is -2.28. The van der Waals surface area contributed by atoms with E-state index in [-0.39, 0.29) is 12.4 Å². The maximum atomic E-state index is 12.7. The summed E-state index contributed by atoms with van der Waals surface area (Å²) in [6.45, 7) is 4.44. The fourth-order valence-electron chi connectivity index (χ4n) is 3.15. The van der Waals surface area contributed by atoms with Gasteiger partial charge in [-0.25, -0.2) is 0 Å².